The Bertz CT molecular complexity index is 223. The monoisotopic (exact) mass is 180 g/mol. The Labute approximate surface area is 79.4 Å². The summed E-state index contributed by atoms with van der Waals surface area (Å²) in [6.45, 7) is 6.63. The van der Waals surface area contributed by atoms with Gasteiger partial charge >= 0.3 is 0 Å². The molecule has 0 bridgehead atoms. The van der Waals surface area contributed by atoms with Crippen LogP contribution in [-0.2, 0) is 0 Å². The quantitative estimate of drug-likeness (QED) is 0.635. The molecule has 0 amide bonds. The first kappa shape index (κ1) is 9.66. The molecule has 1 aromatic carbocycles. The van der Waals surface area contributed by atoms with Crippen molar-refractivity contribution in [2.24, 2.45) is 0 Å². The van der Waals surface area contributed by atoms with Crippen molar-refractivity contribution in [3.05, 3.63) is 29.8 Å². The Morgan fingerprint density at radius 2 is 1.75 bits per heavy atom. The van der Waals surface area contributed by atoms with Gasteiger partial charge in [0.2, 0.25) is 0 Å². The van der Waals surface area contributed by atoms with Crippen LogP contribution in [0.2, 0.25) is 0 Å². The Morgan fingerprint density at radius 1 is 1.17 bits per heavy atom. The van der Waals surface area contributed by atoms with E-state index in [0.717, 1.165) is 5.75 Å². The molecule has 0 spiro atoms. The van der Waals surface area contributed by atoms with Gasteiger partial charge < -0.3 is 0 Å². The summed E-state index contributed by atoms with van der Waals surface area (Å²) in [7, 11) is 0. The molecule has 0 aliphatic heterocycles. The van der Waals surface area contributed by atoms with Crippen LogP contribution in [0, 0.1) is 0 Å². The summed E-state index contributed by atoms with van der Waals surface area (Å²) in [6, 6.07) is 8.87. The first-order valence-corrected chi connectivity index (χ1v) is 5.45. The van der Waals surface area contributed by atoms with Gasteiger partial charge in [-0.25, -0.2) is 0 Å². The number of benzene rings is 1. The fourth-order valence-corrected chi connectivity index (χ4v) is 1.78. The van der Waals surface area contributed by atoms with Gasteiger partial charge in [-0.05, 0) is 29.4 Å². The van der Waals surface area contributed by atoms with Gasteiger partial charge in [0.05, 0.1) is 0 Å². The van der Waals surface area contributed by atoms with E-state index >= 15 is 0 Å². The molecule has 1 rings (SSSR count). The van der Waals surface area contributed by atoms with Crippen molar-refractivity contribution < 1.29 is 0 Å². The van der Waals surface area contributed by atoms with Gasteiger partial charge in [-0.3, -0.25) is 0 Å². The van der Waals surface area contributed by atoms with E-state index in [0.29, 0.717) is 5.92 Å². The minimum Gasteiger partial charge on any atom is -0.126 e. The molecule has 0 heterocycles. The van der Waals surface area contributed by atoms with Gasteiger partial charge in [-0.2, -0.15) is 0 Å². The maximum Gasteiger partial charge on any atom is 0.00720 e. The first-order chi connectivity index (χ1) is 5.74. The topological polar surface area (TPSA) is 0 Å². The second-order valence-corrected chi connectivity index (χ2v) is 4.49. The van der Waals surface area contributed by atoms with Crippen molar-refractivity contribution >= 4 is 11.8 Å². The lowest BCUT2D eigenvalue weighted by Crippen LogP contribution is -1.85. The molecule has 0 radical (unpaired) electrons. The fourth-order valence-electron chi connectivity index (χ4n) is 1.12. The molecule has 0 fully saturated rings. The highest BCUT2D eigenvalue weighted by atomic mass is 32.2. The third-order valence-electron chi connectivity index (χ3n) is 1.86. The van der Waals surface area contributed by atoms with Crippen LogP contribution in [0.25, 0.3) is 0 Å². The molecule has 12 heavy (non-hydrogen) atoms. The number of thioether (sulfide) groups is 1. The zero-order valence-corrected chi connectivity index (χ0v) is 8.82. The van der Waals surface area contributed by atoms with Crippen molar-refractivity contribution in [3.63, 3.8) is 0 Å². The van der Waals surface area contributed by atoms with E-state index in [1.807, 2.05) is 11.8 Å². The zero-order valence-electron chi connectivity index (χ0n) is 8.00. The molecule has 0 N–H and O–H groups in total. The van der Waals surface area contributed by atoms with Gasteiger partial charge in [0, 0.05) is 4.90 Å². The third kappa shape index (κ3) is 2.56. The van der Waals surface area contributed by atoms with Gasteiger partial charge in [0.15, 0.2) is 0 Å². The second-order valence-electron chi connectivity index (χ2n) is 3.16. The lowest BCUT2D eigenvalue weighted by Gasteiger charge is -2.05. The van der Waals surface area contributed by atoms with E-state index < -0.39 is 0 Å². The van der Waals surface area contributed by atoms with E-state index in [4.69, 9.17) is 0 Å². The molecule has 0 aromatic heterocycles. The van der Waals surface area contributed by atoms with Crippen LogP contribution in [-0.4, -0.2) is 5.75 Å². The zero-order chi connectivity index (χ0) is 8.97. The molecular formula is C11H16S. The van der Waals surface area contributed by atoms with Crippen LogP contribution in [0.1, 0.15) is 32.3 Å². The third-order valence-corrected chi connectivity index (χ3v) is 2.75. The van der Waals surface area contributed by atoms with E-state index in [1.54, 1.807) is 0 Å². The van der Waals surface area contributed by atoms with Crippen LogP contribution < -0.4 is 0 Å². The SMILES string of the molecule is CCSc1ccc(C(C)C)cc1. The Hall–Kier alpha value is -0.430. The van der Waals surface area contributed by atoms with Crippen LogP contribution in [0.4, 0.5) is 0 Å². The highest BCUT2D eigenvalue weighted by Crippen LogP contribution is 2.21. The minimum absolute atomic E-state index is 0.644. The van der Waals surface area contributed by atoms with Crippen molar-refractivity contribution in [1.29, 1.82) is 0 Å². The molecular weight excluding hydrogens is 164 g/mol. The lowest BCUT2D eigenvalue weighted by atomic mass is 10.0. The summed E-state index contributed by atoms with van der Waals surface area (Å²) in [5.74, 6) is 1.80. The van der Waals surface area contributed by atoms with E-state index in [9.17, 15) is 0 Å². The van der Waals surface area contributed by atoms with Gasteiger partial charge in [-0.15, -0.1) is 11.8 Å². The second kappa shape index (κ2) is 4.56. The van der Waals surface area contributed by atoms with Gasteiger partial charge in [0.1, 0.15) is 0 Å². The number of hydrogen-bond acceptors (Lipinski definition) is 1. The smallest absolute Gasteiger partial charge is 0.00720 e. The van der Waals surface area contributed by atoms with E-state index in [-0.39, 0.29) is 0 Å². The minimum atomic E-state index is 0.644. The molecule has 0 atom stereocenters. The van der Waals surface area contributed by atoms with Crippen molar-refractivity contribution in [2.45, 2.75) is 31.6 Å². The molecule has 0 nitrogen and oxygen atoms in total. The molecule has 66 valence electrons. The first-order valence-electron chi connectivity index (χ1n) is 4.46. The standard InChI is InChI=1S/C11H16S/c1-4-12-11-7-5-10(6-8-11)9(2)3/h5-9H,4H2,1-3H3. The summed E-state index contributed by atoms with van der Waals surface area (Å²) in [6.07, 6.45) is 0. The highest BCUT2D eigenvalue weighted by Gasteiger charge is 1.97. The average Bonchev–Trinajstić information content (AvgIpc) is 2.06. The fraction of sp³-hybridized carbons (Fsp3) is 0.455. The summed E-state index contributed by atoms with van der Waals surface area (Å²) in [4.78, 5) is 1.38. The molecule has 0 aliphatic rings. The Balaban J connectivity index is 2.71. The maximum absolute atomic E-state index is 2.22. The molecule has 0 unspecified atom stereocenters. The normalized spacial score (nSPS) is 10.7. The molecule has 0 saturated carbocycles. The van der Waals surface area contributed by atoms with E-state index in [2.05, 4.69) is 45.0 Å². The lowest BCUT2D eigenvalue weighted by molar-refractivity contribution is 0.865. The summed E-state index contributed by atoms with van der Waals surface area (Å²) >= 11 is 1.90. The van der Waals surface area contributed by atoms with Crippen LogP contribution in [0.15, 0.2) is 29.2 Å². The van der Waals surface area contributed by atoms with E-state index in [1.165, 1.54) is 10.5 Å². The van der Waals surface area contributed by atoms with Gasteiger partial charge in [0.25, 0.3) is 0 Å². The van der Waals surface area contributed by atoms with Gasteiger partial charge in [-0.1, -0.05) is 32.9 Å². The average molecular weight is 180 g/mol. The Kier molecular flexibility index (Phi) is 3.67. The number of rotatable bonds is 3. The molecule has 1 aromatic rings. The summed E-state index contributed by atoms with van der Waals surface area (Å²) < 4.78 is 0. The highest BCUT2D eigenvalue weighted by molar-refractivity contribution is 7.99. The summed E-state index contributed by atoms with van der Waals surface area (Å²) in [5.41, 5.74) is 1.43. The van der Waals surface area contributed by atoms with Crippen LogP contribution >= 0.6 is 11.8 Å². The van der Waals surface area contributed by atoms with Crippen molar-refractivity contribution in [1.82, 2.24) is 0 Å². The number of hydrogen-bond donors (Lipinski definition) is 0. The molecule has 0 saturated heterocycles. The molecule has 0 aliphatic carbocycles. The maximum atomic E-state index is 2.22. The predicted molar refractivity (Wildman–Crippen MR) is 56.9 cm³/mol. The molecule has 1 heteroatoms. The predicted octanol–water partition coefficient (Wildman–Crippen LogP) is 3.92. The summed E-state index contributed by atoms with van der Waals surface area (Å²) in [5, 5.41) is 0. The van der Waals surface area contributed by atoms with Crippen LogP contribution in [0.5, 0.6) is 0 Å². The largest absolute Gasteiger partial charge is 0.126 e. The van der Waals surface area contributed by atoms with Crippen molar-refractivity contribution in [2.75, 3.05) is 5.75 Å². The van der Waals surface area contributed by atoms with Crippen LogP contribution in [0.3, 0.4) is 0 Å². The Morgan fingerprint density at radius 3 is 2.17 bits per heavy atom. The van der Waals surface area contributed by atoms with Crippen molar-refractivity contribution in [3.8, 4) is 0 Å².